The van der Waals surface area contributed by atoms with E-state index in [4.69, 9.17) is 21.1 Å². The zero-order valence-electron chi connectivity index (χ0n) is 19.1. The number of aliphatic hydroxyl groups excluding tert-OH is 2. The fourth-order valence-corrected chi connectivity index (χ4v) is 5.34. The third-order valence-electron chi connectivity index (χ3n) is 6.13. The molecule has 0 aromatic heterocycles. The second-order valence-electron chi connectivity index (χ2n) is 8.67. The minimum Gasteiger partial charge on any atom is -0.456 e. The van der Waals surface area contributed by atoms with Gasteiger partial charge in [0, 0.05) is 6.92 Å². The van der Waals surface area contributed by atoms with E-state index in [9.17, 15) is 24.2 Å². The highest BCUT2D eigenvalue weighted by Gasteiger charge is 2.50. The Balaban J connectivity index is 2.11. The molecule has 32 heavy (non-hydrogen) atoms. The molecule has 0 saturated carbocycles. The first-order valence-corrected chi connectivity index (χ1v) is 12.8. The predicted molar refractivity (Wildman–Crippen MR) is 121 cm³/mol. The van der Waals surface area contributed by atoms with Crippen LogP contribution in [0.5, 0.6) is 0 Å². The number of carbonyl (C=O) groups excluding carboxylic acids is 2. The van der Waals surface area contributed by atoms with Crippen LogP contribution in [0.15, 0.2) is 0 Å². The molecule has 8 nitrogen and oxygen atoms in total. The fraction of sp³-hybridized carbons (Fsp3) is 0.905. The summed E-state index contributed by atoms with van der Waals surface area (Å²) >= 11 is 7.55. The van der Waals surface area contributed by atoms with Crippen molar-refractivity contribution in [2.24, 2.45) is 0 Å². The molecule has 0 aliphatic carbocycles. The van der Waals surface area contributed by atoms with E-state index in [1.165, 1.54) is 18.7 Å². The molecule has 2 aliphatic heterocycles. The molecule has 2 rings (SSSR count). The zero-order valence-corrected chi connectivity index (χ0v) is 20.6. The number of amides is 1. The van der Waals surface area contributed by atoms with Crippen molar-refractivity contribution < 1.29 is 33.7 Å². The average molecular weight is 499 g/mol. The normalized spacial score (nSPS) is 37.8. The summed E-state index contributed by atoms with van der Waals surface area (Å²) < 4.78 is 26.0. The third-order valence-corrected chi connectivity index (χ3v) is 7.25. The molecule has 0 bridgehead atoms. The van der Waals surface area contributed by atoms with E-state index in [-0.39, 0.29) is 12.3 Å². The van der Waals surface area contributed by atoms with Gasteiger partial charge in [-0.05, 0) is 45.4 Å². The summed E-state index contributed by atoms with van der Waals surface area (Å²) in [4.78, 5) is 24.4. The van der Waals surface area contributed by atoms with E-state index in [2.05, 4.69) is 10.6 Å². The lowest BCUT2D eigenvalue weighted by Gasteiger charge is -2.45. The zero-order chi connectivity index (χ0) is 24.1. The van der Waals surface area contributed by atoms with E-state index < -0.39 is 59.0 Å². The van der Waals surface area contributed by atoms with Crippen molar-refractivity contribution in [2.45, 2.75) is 106 Å². The van der Waals surface area contributed by atoms with Gasteiger partial charge in [-0.2, -0.15) is 0 Å². The second-order valence-corrected chi connectivity index (χ2v) is 10.3. The maximum atomic E-state index is 14.9. The summed E-state index contributed by atoms with van der Waals surface area (Å²) in [5.74, 6) is -0.972. The highest BCUT2D eigenvalue weighted by Crippen LogP contribution is 2.33. The van der Waals surface area contributed by atoms with Gasteiger partial charge in [0.1, 0.15) is 29.4 Å². The Morgan fingerprint density at radius 2 is 2.06 bits per heavy atom. The van der Waals surface area contributed by atoms with E-state index in [0.717, 1.165) is 6.42 Å². The Morgan fingerprint density at radius 3 is 2.62 bits per heavy atom. The van der Waals surface area contributed by atoms with Crippen molar-refractivity contribution in [2.75, 3.05) is 12.8 Å². The SMILES string of the molecule is CCCC1(F)CCN[C@H](C(=O)N[C@@H]([C@H]2O[C@H](SC)[C@H](OC(C)=O)[C@@H](O)[C@H]2O)[C@H](C)Cl)CC1. The van der Waals surface area contributed by atoms with Crippen molar-refractivity contribution in [1.82, 2.24) is 10.6 Å². The standard InChI is InChI=1S/C21H36ClFN2O6S/c1-5-7-21(23)8-6-13(24-10-9-21)19(29)25-14(11(2)22)17-15(27)16(28)18(30-12(3)26)20(31-17)32-4/h11,13-18,20,24,27-28H,5-10H2,1-4H3,(H,25,29)/t11-,13-,14+,15+,16-,17+,18+,20+,21?/m0/s1. The van der Waals surface area contributed by atoms with Crippen LogP contribution in [0, 0.1) is 0 Å². The van der Waals surface area contributed by atoms with Crippen LogP contribution in [-0.2, 0) is 19.1 Å². The summed E-state index contributed by atoms with van der Waals surface area (Å²) in [6.45, 7) is 5.18. The Bertz CT molecular complexity index is 645. The van der Waals surface area contributed by atoms with Crippen LogP contribution >= 0.6 is 23.4 Å². The Morgan fingerprint density at radius 1 is 1.38 bits per heavy atom. The first-order chi connectivity index (χ1) is 15.0. The van der Waals surface area contributed by atoms with Crippen molar-refractivity contribution in [3.8, 4) is 0 Å². The monoisotopic (exact) mass is 498 g/mol. The Hall–Kier alpha value is -0.650. The lowest BCUT2D eigenvalue weighted by Crippen LogP contribution is -2.65. The molecule has 9 atom stereocenters. The minimum absolute atomic E-state index is 0.285. The number of thioether (sulfide) groups is 1. The Kier molecular flexibility index (Phi) is 10.5. The first-order valence-electron chi connectivity index (χ1n) is 11.1. The highest BCUT2D eigenvalue weighted by molar-refractivity contribution is 7.99. The minimum atomic E-state index is -1.45. The van der Waals surface area contributed by atoms with Gasteiger partial charge in [0.05, 0.1) is 17.5 Å². The van der Waals surface area contributed by atoms with Gasteiger partial charge in [-0.1, -0.05) is 13.3 Å². The maximum Gasteiger partial charge on any atom is 0.303 e. The molecule has 0 aromatic carbocycles. The maximum absolute atomic E-state index is 14.9. The van der Waals surface area contributed by atoms with Gasteiger partial charge in [0.15, 0.2) is 6.10 Å². The van der Waals surface area contributed by atoms with E-state index in [1.807, 2.05) is 6.92 Å². The number of esters is 1. The van der Waals surface area contributed by atoms with E-state index in [1.54, 1.807) is 13.2 Å². The largest absolute Gasteiger partial charge is 0.456 e. The van der Waals surface area contributed by atoms with Gasteiger partial charge in [0.25, 0.3) is 0 Å². The average Bonchev–Trinajstić information content (AvgIpc) is 2.91. The highest BCUT2D eigenvalue weighted by atomic mass is 35.5. The second kappa shape index (κ2) is 12.2. The first kappa shape index (κ1) is 27.6. The Labute approximate surface area is 198 Å². The van der Waals surface area contributed by atoms with Crippen LogP contribution in [-0.4, -0.2) is 87.9 Å². The summed E-state index contributed by atoms with van der Waals surface area (Å²) in [5.41, 5.74) is -2.03. The van der Waals surface area contributed by atoms with Gasteiger partial charge in [-0.3, -0.25) is 9.59 Å². The quantitative estimate of drug-likeness (QED) is 0.294. The van der Waals surface area contributed by atoms with Crippen LogP contribution in [0.25, 0.3) is 0 Å². The van der Waals surface area contributed by atoms with Crippen molar-refractivity contribution in [3.05, 3.63) is 0 Å². The number of nitrogens with one attached hydrogen (secondary N) is 2. The molecule has 2 saturated heterocycles. The smallest absolute Gasteiger partial charge is 0.303 e. The van der Waals surface area contributed by atoms with Crippen LogP contribution in [0.3, 0.4) is 0 Å². The molecule has 11 heteroatoms. The number of hydrogen-bond donors (Lipinski definition) is 4. The molecule has 0 aromatic rings. The van der Waals surface area contributed by atoms with Crippen molar-refractivity contribution in [1.29, 1.82) is 0 Å². The number of carbonyl (C=O) groups is 2. The molecule has 2 heterocycles. The number of alkyl halides is 2. The molecular weight excluding hydrogens is 463 g/mol. The van der Waals surface area contributed by atoms with Gasteiger partial charge in [-0.25, -0.2) is 4.39 Å². The van der Waals surface area contributed by atoms with E-state index >= 15 is 0 Å². The van der Waals surface area contributed by atoms with Gasteiger partial charge in [0.2, 0.25) is 5.91 Å². The van der Waals surface area contributed by atoms with Crippen LogP contribution in [0.1, 0.15) is 52.9 Å². The summed E-state index contributed by atoms with van der Waals surface area (Å²) in [6.07, 6.45) is -1.06. The number of hydrogen-bond acceptors (Lipinski definition) is 8. The van der Waals surface area contributed by atoms with Crippen molar-refractivity contribution in [3.63, 3.8) is 0 Å². The summed E-state index contributed by atoms with van der Waals surface area (Å²) in [6, 6.07) is -1.43. The van der Waals surface area contributed by atoms with Gasteiger partial charge >= 0.3 is 5.97 Å². The molecule has 2 fully saturated rings. The fourth-order valence-electron chi connectivity index (χ4n) is 4.41. The lowest BCUT2D eigenvalue weighted by molar-refractivity contribution is -0.217. The van der Waals surface area contributed by atoms with E-state index in [0.29, 0.717) is 25.8 Å². The molecule has 4 N–H and O–H groups in total. The number of halogens is 2. The summed E-state index contributed by atoms with van der Waals surface area (Å²) in [7, 11) is 0. The molecular formula is C21H36ClFN2O6S. The third kappa shape index (κ3) is 6.93. The van der Waals surface area contributed by atoms with Gasteiger partial charge < -0.3 is 30.3 Å². The molecule has 1 amide bonds. The van der Waals surface area contributed by atoms with Crippen LogP contribution in [0.4, 0.5) is 4.39 Å². The molecule has 186 valence electrons. The van der Waals surface area contributed by atoms with Crippen LogP contribution < -0.4 is 10.6 Å². The molecule has 0 spiro atoms. The van der Waals surface area contributed by atoms with Gasteiger partial charge in [-0.15, -0.1) is 23.4 Å². The number of ether oxygens (including phenoxy) is 2. The van der Waals surface area contributed by atoms with Crippen molar-refractivity contribution >= 4 is 35.2 Å². The predicted octanol–water partition coefficient (Wildman–Crippen LogP) is 1.49. The van der Waals surface area contributed by atoms with Crippen LogP contribution in [0.2, 0.25) is 0 Å². The molecule has 0 radical (unpaired) electrons. The summed E-state index contributed by atoms with van der Waals surface area (Å²) in [5, 5.41) is 26.6. The number of rotatable bonds is 8. The molecule has 2 aliphatic rings. The topological polar surface area (TPSA) is 117 Å². The number of aliphatic hydroxyl groups is 2. The molecule has 1 unspecified atom stereocenters. The lowest BCUT2D eigenvalue weighted by atomic mass is 9.90.